The number of rotatable bonds is 9. The maximum atomic E-state index is 13.6. The molecule has 1 N–H and O–H groups in total. The molecule has 13 heteroatoms. The molecule has 0 heterocycles. The molecule has 0 saturated carbocycles. The Kier molecular flexibility index (Phi) is 8.51. The summed E-state index contributed by atoms with van der Waals surface area (Å²) >= 11 is 12.0. The van der Waals surface area contributed by atoms with Gasteiger partial charge in [-0.25, -0.2) is 13.8 Å². The fourth-order valence-electron chi connectivity index (χ4n) is 3.16. The van der Waals surface area contributed by atoms with Gasteiger partial charge in [-0.3, -0.25) is 19.2 Å². The molecule has 0 spiro atoms. The van der Waals surface area contributed by atoms with Crippen molar-refractivity contribution in [1.82, 2.24) is 5.43 Å². The van der Waals surface area contributed by atoms with E-state index >= 15 is 0 Å². The van der Waals surface area contributed by atoms with Crippen LogP contribution in [-0.4, -0.2) is 39.1 Å². The monoisotopic (exact) mass is 550 g/mol. The highest BCUT2D eigenvalue weighted by Crippen LogP contribution is 2.35. The van der Waals surface area contributed by atoms with Crippen molar-refractivity contribution >= 4 is 56.7 Å². The summed E-state index contributed by atoms with van der Waals surface area (Å²) in [7, 11) is -3.17. The van der Waals surface area contributed by atoms with Crippen LogP contribution in [0.5, 0.6) is 5.75 Å². The van der Waals surface area contributed by atoms with Crippen LogP contribution < -0.4 is 14.5 Å². The van der Waals surface area contributed by atoms with Crippen LogP contribution in [0.1, 0.15) is 11.1 Å². The number of ether oxygens (including phenoxy) is 1. The molecule has 0 bridgehead atoms. The Balaban J connectivity index is 2.00. The van der Waals surface area contributed by atoms with Gasteiger partial charge in [-0.2, -0.15) is 5.10 Å². The Hall–Kier alpha value is -3.67. The van der Waals surface area contributed by atoms with Crippen LogP contribution in [0.15, 0.2) is 70.7 Å². The van der Waals surface area contributed by atoms with Crippen molar-refractivity contribution in [2.75, 3.05) is 18.0 Å². The van der Waals surface area contributed by atoms with E-state index in [4.69, 9.17) is 27.9 Å². The van der Waals surface area contributed by atoms with Gasteiger partial charge in [-0.15, -0.1) is 0 Å². The number of nitrogens with one attached hydrogen (secondary N) is 1. The number of hydrazone groups is 1. The van der Waals surface area contributed by atoms with Crippen LogP contribution in [0.25, 0.3) is 0 Å². The molecule has 36 heavy (non-hydrogen) atoms. The number of methoxy groups -OCH3 is 1. The maximum Gasteiger partial charge on any atom is 0.273 e. The Morgan fingerprint density at radius 1 is 1.14 bits per heavy atom. The van der Waals surface area contributed by atoms with Crippen molar-refractivity contribution in [1.29, 1.82) is 0 Å². The number of nitro benzene ring substituents is 1. The molecule has 0 aliphatic carbocycles. The van der Waals surface area contributed by atoms with Gasteiger partial charge in [-0.05, 0) is 48.9 Å². The molecule has 3 rings (SSSR count). The van der Waals surface area contributed by atoms with Gasteiger partial charge in [0.25, 0.3) is 21.6 Å². The van der Waals surface area contributed by atoms with Crippen LogP contribution in [0.3, 0.4) is 0 Å². The van der Waals surface area contributed by atoms with E-state index in [0.717, 1.165) is 10.4 Å². The molecule has 0 aromatic heterocycles. The lowest BCUT2D eigenvalue weighted by molar-refractivity contribution is -0.385. The molecule has 0 radical (unpaired) electrons. The minimum atomic E-state index is -4.49. The predicted molar refractivity (Wildman–Crippen MR) is 138 cm³/mol. The highest BCUT2D eigenvalue weighted by molar-refractivity contribution is 7.92. The lowest BCUT2D eigenvalue weighted by atomic mass is 10.2. The summed E-state index contributed by atoms with van der Waals surface area (Å²) in [6.07, 6.45) is 1.34. The number of aryl methyl sites for hydroxylation is 1. The van der Waals surface area contributed by atoms with Gasteiger partial charge in [0.05, 0.1) is 28.8 Å². The molecule has 0 atom stereocenters. The number of nitrogens with zero attached hydrogens (tertiary/aromatic N) is 3. The number of carbonyl (C=O) groups excluding carboxylic acids is 1. The number of carbonyl (C=O) groups is 1. The third kappa shape index (κ3) is 6.30. The van der Waals surface area contributed by atoms with Crippen molar-refractivity contribution < 1.29 is 22.9 Å². The van der Waals surface area contributed by atoms with E-state index in [1.165, 1.54) is 50.6 Å². The van der Waals surface area contributed by atoms with E-state index in [-0.39, 0.29) is 27.7 Å². The highest BCUT2D eigenvalue weighted by Gasteiger charge is 2.31. The molecule has 10 nitrogen and oxygen atoms in total. The molecule has 188 valence electrons. The first-order valence-corrected chi connectivity index (χ1v) is 12.4. The minimum Gasteiger partial charge on any atom is -0.495 e. The number of sulfonamides is 1. The van der Waals surface area contributed by atoms with Crippen LogP contribution in [0.4, 0.5) is 11.4 Å². The predicted octanol–water partition coefficient (Wildman–Crippen LogP) is 4.56. The average molecular weight is 551 g/mol. The number of hydrogen-bond donors (Lipinski definition) is 1. The summed E-state index contributed by atoms with van der Waals surface area (Å²) in [5.74, 6) is -0.680. The first-order valence-electron chi connectivity index (χ1n) is 10.2. The zero-order valence-corrected chi connectivity index (χ0v) is 21.3. The van der Waals surface area contributed by atoms with Gasteiger partial charge in [0.15, 0.2) is 0 Å². The molecule has 1 amide bonds. The largest absolute Gasteiger partial charge is 0.495 e. The van der Waals surface area contributed by atoms with Gasteiger partial charge in [0.1, 0.15) is 12.3 Å². The normalized spacial score (nSPS) is 11.3. The Morgan fingerprint density at radius 3 is 2.53 bits per heavy atom. The first kappa shape index (κ1) is 26.9. The van der Waals surface area contributed by atoms with Crippen LogP contribution in [0.2, 0.25) is 10.0 Å². The van der Waals surface area contributed by atoms with E-state index in [1.807, 2.05) is 0 Å². The van der Waals surface area contributed by atoms with Crippen molar-refractivity contribution in [3.63, 3.8) is 0 Å². The zero-order valence-electron chi connectivity index (χ0n) is 19.0. The second-order valence-corrected chi connectivity index (χ2v) is 10.1. The third-order valence-corrected chi connectivity index (χ3v) is 7.14. The van der Waals surface area contributed by atoms with Gasteiger partial charge in [-0.1, -0.05) is 41.4 Å². The van der Waals surface area contributed by atoms with Crippen molar-refractivity contribution in [2.24, 2.45) is 5.10 Å². The Morgan fingerprint density at radius 2 is 1.86 bits per heavy atom. The molecular formula is C23H20Cl2N4O6S. The number of halogens is 2. The molecule has 0 aliphatic rings. The number of nitro groups is 1. The van der Waals surface area contributed by atoms with E-state index in [2.05, 4.69) is 10.5 Å². The second kappa shape index (κ2) is 11.4. The molecule has 3 aromatic carbocycles. The van der Waals surface area contributed by atoms with Crippen LogP contribution in [-0.2, 0) is 14.8 Å². The third-order valence-electron chi connectivity index (χ3n) is 4.91. The van der Waals surface area contributed by atoms with Gasteiger partial charge in [0, 0.05) is 21.7 Å². The van der Waals surface area contributed by atoms with Gasteiger partial charge in [0.2, 0.25) is 0 Å². The smallest absolute Gasteiger partial charge is 0.273 e. The van der Waals surface area contributed by atoms with Crippen LogP contribution in [0, 0.1) is 17.0 Å². The van der Waals surface area contributed by atoms with Gasteiger partial charge >= 0.3 is 0 Å². The number of anilines is 1. The highest BCUT2D eigenvalue weighted by atomic mass is 35.5. The number of benzene rings is 3. The fourth-order valence-corrected chi connectivity index (χ4v) is 4.97. The summed E-state index contributed by atoms with van der Waals surface area (Å²) in [5.41, 5.74) is 2.72. The van der Waals surface area contributed by atoms with Gasteiger partial charge < -0.3 is 4.74 Å². The molecule has 0 saturated heterocycles. The Labute approximate surface area is 217 Å². The summed E-state index contributed by atoms with van der Waals surface area (Å²) in [5, 5.41) is 15.9. The summed E-state index contributed by atoms with van der Waals surface area (Å²) in [6.45, 7) is 0.755. The Bertz CT molecular complexity index is 1450. The summed E-state index contributed by atoms with van der Waals surface area (Å²) in [6, 6.07) is 14.4. The fraction of sp³-hybridized carbons (Fsp3) is 0.130. The van der Waals surface area contributed by atoms with E-state index in [1.54, 1.807) is 24.3 Å². The lowest BCUT2D eigenvalue weighted by Gasteiger charge is -2.25. The summed E-state index contributed by atoms with van der Waals surface area (Å²) in [4.78, 5) is 23.1. The quantitative estimate of drug-likeness (QED) is 0.236. The SMILES string of the molecule is COc1ccc(Cl)cc1N(CC(=O)N/N=C\c1cccc(Cl)c1)S(=O)(=O)c1ccc(C)c([N+](=O)[O-])c1. The first-order chi connectivity index (χ1) is 17.0. The van der Waals surface area contributed by atoms with Crippen molar-refractivity contribution in [3.8, 4) is 5.75 Å². The van der Waals surface area contributed by atoms with E-state index in [9.17, 15) is 23.3 Å². The molecular weight excluding hydrogens is 531 g/mol. The lowest BCUT2D eigenvalue weighted by Crippen LogP contribution is -2.39. The molecule has 0 unspecified atom stereocenters. The zero-order chi connectivity index (χ0) is 26.5. The molecule has 3 aromatic rings. The van der Waals surface area contributed by atoms with Crippen LogP contribution >= 0.6 is 23.2 Å². The molecule has 0 fully saturated rings. The van der Waals surface area contributed by atoms with E-state index < -0.39 is 32.3 Å². The maximum absolute atomic E-state index is 13.6. The standard InChI is InChI=1S/C23H20Cl2N4O6S/c1-15-6-8-19(12-20(15)29(31)32)36(33,34)28(21-11-18(25)7-9-22(21)35-2)14-23(30)27-26-13-16-4-3-5-17(24)10-16/h3-13H,14H2,1-2H3,(H,27,30)/b26-13-. The van der Waals surface area contributed by atoms with E-state index in [0.29, 0.717) is 10.6 Å². The number of amides is 1. The van der Waals surface area contributed by atoms with Crippen molar-refractivity contribution in [2.45, 2.75) is 11.8 Å². The summed E-state index contributed by atoms with van der Waals surface area (Å²) < 4.78 is 33.3. The van der Waals surface area contributed by atoms with Crippen molar-refractivity contribution in [3.05, 3.63) is 92.0 Å². The minimum absolute atomic E-state index is 0.0396. The number of hydrogen-bond acceptors (Lipinski definition) is 7. The molecule has 0 aliphatic heterocycles. The average Bonchev–Trinajstić information content (AvgIpc) is 2.82. The second-order valence-electron chi connectivity index (χ2n) is 7.38. The topological polar surface area (TPSA) is 131 Å².